The molecule has 0 saturated heterocycles. The third kappa shape index (κ3) is 5.52. The molecule has 0 bridgehead atoms. The summed E-state index contributed by atoms with van der Waals surface area (Å²) in [5.41, 5.74) is 27.6. The molecule has 0 N–H and O–H groups in total. The Hall–Kier alpha value is -6.38. The lowest BCUT2D eigenvalue weighted by Gasteiger charge is -2.34. The average Bonchev–Trinajstić information content (AvgIpc) is 3.92. The minimum absolute atomic E-state index is 0.0968. The maximum atomic E-state index is 6.99. The second-order valence-corrected chi connectivity index (χ2v) is 21.7. The average molecular weight is 848 g/mol. The lowest BCUT2D eigenvalue weighted by Crippen LogP contribution is -2.24. The molecule has 7 aromatic carbocycles. The summed E-state index contributed by atoms with van der Waals surface area (Å²) in [4.78, 5) is 2.55. The van der Waals surface area contributed by atoms with Crippen molar-refractivity contribution in [3.05, 3.63) is 190 Å². The van der Waals surface area contributed by atoms with E-state index in [1.165, 1.54) is 117 Å². The van der Waals surface area contributed by atoms with E-state index in [0.717, 1.165) is 23.3 Å². The van der Waals surface area contributed by atoms with Crippen LogP contribution in [0.3, 0.4) is 0 Å². The number of para-hydroxylation sites is 2. The van der Waals surface area contributed by atoms with Crippen LogP contribution in [0.1, 0.15) is 132 Å². The van der Waals surface area contributed by atoms with Crippen molar-refractivity contribution in [2.75, 3.05) is 4.90 Å². The first-order chi connectivity index (χ1) is 30.9. The fourth-order valence-corrected chi connectivity index (χ4v) is 12.6. The normalized spacial score (nSPS) is 16.0. The number of furan rings is 1. The first kappa shape index (κ1) is 41.3. The van der Waals surface area contributed by atoms with Crippen LogP contribution in [0.4, 0.5) is 17.1 Å². The van der Waals surface area contributed by atoms with Gasteiger partial charge in [0.1, 0.15) is 11.2 Å². The van der Waals surface area contributed by atoms with Gasteiger partial charge in [0.05, 0.1) is 0 Å². The zero-order valence-electron chi connectivity index (χ0n) is 40.4. The van der Waals surface area contributed by atoms with Gasteiger partial charge in [0, 0.05) is 49.6 Å². The van der Waals surface area contributed by atoms with E-state index in [1.54, 1.807) is 0 Å². The van der Waals surface area contributed by atoms with Gasteiger partial charge in [-0.2, -0.15) is 0 Å². The van der Waals surface area contributed by atoms with E-state index >= 15 is 0 Å². The van der Waals surface area contributed by atoms with E-state index in [0.29, 0.717) is 0 Å². The van der Waals surface area contributed by atoms with Crippen LogP contribution in [0, 0.1) is 6.92 Å². The fourth-order valence-electron chi connectivity index (χ4n) is 12.6. The lowest BCUT2D eigenvalue weighted by atomic mass is 9.72. The number of allylic oxidation sites excluding steroid dienone is 3. The van der Waals surface area contributed by atoms with E-state index in [4.69, 9.17) is 4.42 Å². The van der Waals surface area contributed by atoms with Gasteiger partial charge in [0.2, 0.25) is 0 Å². The van der Waals surface area contributed by atoms with Crippen molar-refractivity contribution in [2.24, 2.45) is 0 Å². The molecule has 11 rings (SSSR count). The van der Waals surface area contributed by atoms with Crippen molar-refractivity contribution < 1.29 is 4.42 Å². The molecule has 2 nitrogen and oxygen atoms in total. The molecular weight excluding hydrogens is 787 g/mol. The van der Waals surface area contributed by atoms with Crippen molar-refractivity contribution in [2.45, 2.75) is 111 Å². The van der Waals surface area contributed by atoms with Gasteiger partial charge in [0.25, 0.3) is 0 Å². The van der Waals surface area contributed by atoms with Gasteiger partial charge in [-0.05, 0) is 158 Å². The Kier molecular flexibility index (Phi) is 8.79. The number of anilines is 3. The summed E-state index contributed by atoms with van der Waals surface area (Å²) in [6, 6.07) is 43.8. The third-order valence-electron chi connectivity index (χ3n) is 15.9. The Morgan fingerprint density at radius 2 is 1.23 bits per heavy atom. The van der Waals surface area contributed by atoms with Gasteiger partial charge in [-0.25, -0.2) is 0 Å². The van der Waals surface area contributed by atoms with Gasteiger partial charge in [-0.3, -0.25) is 0 Å². The van der Waals surface area contributed by atoms with Crippen LogP contribution in [0.15, 0.2) is 138 Å². The number of nitrogens with zero attached hydrogens (tertiary/aromatic N) is 1. The molecule has 8 aromatic rings. The molecule has 1 heterocycles. The highest BCUT2D eigenvalue weighted by atomic mass is 16.3. The highest BCUT2D eigenvalue weighted by molar-refractivity contribution is 6.21. The predicted molar refractivity (Wildman–Crippen MR) is 278 cm³/mol. The van der Waals surface area contributed by atoms with Gasteiger partial charge in [-0.15, -0.1) is 6.58 Å². The van der Waals surface area contributed by atoms with Gasteiger partial charge in [-0.1, -0.05) is 153 Å². The maximum absolute atomic E-state index is 6.99. The van der Waals surface area contributed by atoms with Crippen molar-refractivity contribution in [1.82, 2.24) is 0 Å². The molecule has 324 valence electrons. The topological polar surface area (TPSA) is 16.4 Å². The summed E-state index contributed by atoms with van der Waals surface area (Å²) in [5, 5.41) is 2.41. The van der Waals surface area contributed by atoms with E-state index in [9.17, 15) is 0 Å². The van der Waals surface area contributed by atoms with Crippen LogP contribution in [-0.4, -0.2) is 0 Å². The molecule has 0 spiro atoms. The van der Waals surface area contributed by atoms with E-state index in [2.05, 4.69) is 216 Å². The third-order valence-corrected chi connectivity index (χ3v) is 15.9. The Morgan fingerprint density at radius 3 is 1.92 bits per heavy atom. The summed E-state index contributed by atoms with van der Waals surface area (Å²) in [7, 11) is 0. The molecule has 0 aliphatic heterocycles. The zero-order chi connectivity index (χ0) is 45.7. The summed E-state index contributed by atoms with van der Waals surface area (Å²) >= 11 is 0. The Labute approximate surface area is 386 Å². The largest absolute Gasteiger partial charge is 0.455 e. The van der Waals surface area contributed by atoms with Crippen LogP contribution < -0.4 is 4.90 Å². The quantitative estimate of drug-likeness (QED) is 0.155. The molecule has 1 aromatic heterocycles. The molecule has 3 aliphatic carbocycles. The fraction of sp³-hybridized carbons (Fsp3) is 0.270. The van der Waals surface area contributed by atoms with Crippen LogP contribution in [-0.2, 0) is 28.1 Å². The first-order valence-electron chi connectivity index (χ1n) is 23.7. The number of benzene rings is 7. The molecule has 0 atom stereocenters. The smallest absolute Gasteiger partial charge is 0.144 e. The highest BCUT2D eigenvalue weighted by Gasteiger charge is 2.49. The second-order valence-electron chi connectivity index (χ2n) is 21.7. The van der Waals surface area contributed by atoms with Gasteiger partial charge >= 0.3 is 0 Å². The standard InChI is InChI=1S/C63H61NO/c1-14-22-38-33-49-53(52(37(38)4)36(3)15-2)42-31-29-39(34-47(42)61(49,8)9)64(50-27-20-19-26-46(50)60(5,6)7)40-30-32-43-48(35-40)63(12,13)57-54(43)55-44-24-17-21-28-51(44)65-59(55)56-41-23-16-18-25-45(41)62(10,11)58(56)57/h14-21,23-35H,1,22H2,2-13H3/b36-15+. The number of hydrogen-bond acceptors (Lipinski definition) is 2. The predicted octanol–water partition coefficient (Wildman–Crippen LogP) is 17.7. The zero-order valence-corrected chi connectivity index (χ0v) is 40.4. The SMILES string of the molecule is C=CCc1cc2c(c(/C(C)=C/C)c1C)-c1ccc(N(c3ccc4c(c3)C(C)(C)c3c5c(c6oc7ccccc7c6c3-4)-c3ccccc3C5(C)C)c3ccccc3C(C)(C)C)cc1C2(C)C. The van der Waals surface area contributed by atoms with Crippen LogP contribution >= 0.6 is 0 Å². The molecule has 65 heavy (non-hydrogen) atoms. The minimum Gasteiger partial charge on any atom is -0.455 e. The summed E-state index contributed by atoms with van der Waals surface area (Å²) in [6.45, 7) is 32.5. The Balaban J connectivity index is 1.17. The number of fused-ring (bicyclic) bond motifs is 15. The van der Waals surface area contributed by atoms with Crippen LogP contribution in [0.25, 0.3) is 60.9 Å². The Morgan fingerprint density at radius 1 is 0.646 bits per heavy atom. The molecule has 3 aliphatic rings. The molecule has 0 radical (unpaired) electrons. The molecule has 0 unspecified atom stereocenters. The first-order valence-corrected chi connectivity index (χ1v) is 23.7. The van der Waals surface area contributed by atoms with E-state index in [1.807, 2.05) is 6.08 Å². The van der Waals surface area contributed by atoms with Crippen molar-refractivity contribution in [3.63, 3.8) is 0 Å². The van der Waals surface area contributed by atoms with Crippen LogP contribution in [0.5, 0.6) is 0 Å². The van der Waals surface area contributed by atoms with Crippen molar-refractivity contribution >= 4 is 44.6 Å². The van der Waals surface area contributed by atoms with E-state index in [-0.39, 0.29) is 21.7 Å². The summed E-state index contributed by atoms with van der Waals surface area (Å²) in [5.74, 6) is 0. The summed E-state index contributed by atoms with van der Waals surface area (Å²) < 4.78 is 6.99. The van der Waals surface area contributed by atoms with Crippen molar-refractivity contribution in [3.8, 4) is 33.4 Å². The lowest BCUT2D eigenvalue weighted by molar-refractivity contribution is 0.591. The summed E-state index contributed by atoms with van der Waals surface area (Å²) in [6.07, 6.45) is 5.17. The monoisotopic (exact) mass is 847 g/mol. The van der Waals surface area contributed by atoms with Gasteiger partial charge < -0.3 is 9.32 Å². The van der Waals surface area contributed by atoms with Gasteiger partial charge in [0.15, 0.2) is 0 Å². The number of rotatable bonds is 6. The maximum Gasteiger partial charge on any atom is 0.144 e. The minimum atomic E-state index is -0.310. The van der Waals surface area contributed by atoms with Crippen LogP contribution in [0.2, 0.25) is 0 Å². The molecule has 0 fully saturated rings. The Bertz CT molecular complexity index is 3410. The van der Waals surface area contributed by atoms with Crippen molar-refractivity contribution in [1.29, 1.82) is 0 Å². The van der Waals surface area contributed by atoms with E-state index < -0.39 is 0 Å². The highest BCUT2D eigenvalue weighted by Crippen LogP contribution is 2.64. The second kappa shape index (κ2) is 13.8. The molecular formula is C63H61NO. The molecule has 0 saturated carbocycles. The number of hydrogen-bond donors (Lipinski definition) is 0. The molecule has 0 amide bonds. The molecule has 2 heteroatoms.